The number of ether oxygens (including phenoxy) is 3. The minimum atomic E-state index is -0.971. The van der Waals surface area contributed by atoms with Gasteiger partial charge in [-0.1, -0.05) is 54.6 Å². The molecule has 1 aliphatic heterocycles. The molecule has 7 nitrogen and oxygen atoms in total. The Morgan fingerprint density at radius 1 is 1.05 bits per heavy atom. The maximum Gasteiger partial charge on any atom is 0.352 e. The van der Waals surface area contributed by atoms with Gasteiger partial charge in [-0.2, -0.15) is 0 Å². The van der Waals surface area contributed by atoms with Gasteiger partial charge in [0.1, 0.15) is 11.4 Å². The number of pyridine rings is 1. The molecule has 0 saturated carbocycles. The molecule has 1 aliphatic rings. The molecule has 0 aliphatic carbocycles. The van der Waals surface area contributed by atoms with Gasteiger partial charge in [-0.25, -0.2) is 9.78 Å². The van der Waals surface area contributed by atoms with E-state index in [1.54, 1.807) is 6.20 Å². The number of aromatic carboxylic acids is 1. The summed E-state index contributed by atoms with van der Waals surface area (Å²) in [5.41, 5.74) is 4.68. The number of carboxylic acids is 1. The summed E-state index contributed by atoms with van der Waals surface area (Å²) in [5, 5.41) is 13.2. The zero-order valence-electron chi connectivity index (χ0n) is 22.5. The van der Waals surface area contributed by atoms with Crippen molar-refractivity contribution in [2.45, 2.75) is 26.2 Å². The number of hydrogen-bond donors (Lipinski definition) is 2. The highest BCUT2D eigenvalue weighted by molar-refractivity contribution is 6.03. The zero-order valence-corrected chi connectivity index (χ0v) is 22.5. The highest BCUT2D eigenvalue weighted by Crippen LogP contribution is 2.35. The third-order valence-electron chi connectivity index (χ3n) is 7.59. The van der Waals surface area contributed by atoms with Gasteiger partial charge in [0, 0.05) is 41.1 Å². The highest BCUT2D eigenvalue weighted by Gasteiger charge is 2.21. The molecule has 1 saturated heterocycles. The number of aromatic nitrogens is 2. The molecule has 3 aromatic carbocycles. The Bertz CT molecular complexity index is 1660. The average molecular weight is 537 g/mol. The number of carboxylic acid groups (broad SMARTS) is 1. The lowest BCUT2D eigenvalue weighted by molar-refractivity contribution is 0.0690. The van der Waals surface area contributed by atoms with Gasteiger partial charge in [0.25, 0.3) is 0 Å². The fourth-order valence-corrected chi connectivity index (χ4v) is 5.48. The highest BCUT2D eigenvalue weighted by atomic mass is 16.5. The molecule has 5 aromatic rings. The summed E-state index contributed by atoms with van der Waals surface area (Å²) in [7, 11) is 0. The SMILES string of the molecule is Cc1cnc(OCC2CCOC2)cc1-c1cccc2c(CCCOc3cccc4ccccc34)c(C(=O)O)[nH]c12. The third kappa shape index (κ3) is 5.25. The zero-order chi connectivity index (χ0) is 27.5. The van der Waals surface area contributed by atoms with E-state index < -0.39 is 5.97 Å². The van der Waals surface area contributed by atoms with E-state index in [1.165, 1.54) is 0 Å². The second-order valence-electron chi connectivity index (χ2n) is 10.3. The molecule has 0 bridgehead atoms. The molecule has 7 heteroatoms. The van der Waals surface area contributed by atoms with Gasteiger partial charge in [0.2, 0.25) is 5.88 Å². The first-order valence-electron chi connectivity index (χ1n) is 13.7. The molecule has 40 heavy (non-hydrogen) atoms. The molecule has 3 heterocycles. The first kappa shape index (κ1) is 25.9. The van der Waals surface area contributed by atoms with Gasteiger partial charge in [0.05, 0.1) is 25.3 Å². The van der Waals surface area contributed by atoms with Gasteiger partial charge in [0.15, 0.2) is 0 Å². The Balaban J connectivity index is 1.24. The molecule has 1 fully saturated rings. The lowest BCUT2D eigenvalue weighted by Gasteiger charge is -2.13. The lowest BCUT2D eigenvalue weighted by atomic mass is 9.98. The van der Waals surface area contributed by atoms with Crippen molar-refractivity contribution in [2.75, 3.05) is 26.4 Å². The van der Waals surface area contributed by atoms with Gasteiger partial charge in [-0.15, -0.1) is 0 Å². The molecule has 2 aromatic heterocycles. The number of fused-ring (bicyclic) bond motifs is 2. The summed E-state index contributed by atoms with van der Waals surface area (Å²) in [4.78, 5) is 20.0. The quantitative estimate of drug-likeness (QED) is 0.190. The molecule has 1 atom stereocenters. The molecule has 6 rings (SSSR count). The fourth-order valence-electron chi connectivity index (χ4n) is 5.48. The average Bonchev–Trinajstić information content (AvgIpc) is 3.63. The summed E-state index contributed by atoms with van der Waals surface area (Å²) in [6, 6.07) is 22.1. The first-order chi connectivity index (χ1) is 19.6. The van der Waals surface area contributed by atoms with E-state index in [0.29, 0.717) is 44.5 Å². The Labute approximate surface area is 232 Å². The molecule has 0 spiro atoms. The van der Waals surface area contributed by atoms with Gasteiger partial charge in [-0.05, 0) is 54.3 Å². The minimum absolute atomic E-state index is 0.219. The van der Waals surface area contributed by atoms with Crippen molar-refractivity contribution in [1.29, 1.82) is 0 Å². The van der Waals surface area contributed by atoms with Crippen LogP contribution in [-0.2, 0) is 11.2 Å². The van der Waals surface area contributed by atoms with E-state index in [1.807, 2.05) is 55.5 Å². The van der Waals surface area contributed by atoms with Crippen LogP contribution < -0.4 is 9.47 Å². The number of benzene rings is 3. The standard InChI is InChI=1S/C33H32N2O5/c1-21-18-34-30(40-20-22-14-16-38-19-22)17-28(21)27-11-5-10-25-26(32(33(36)37)35-31(25)27)12-6-15-39-29-13-4-8-23-7-2-3-9-24(23)29/h2-5,7-11,13,17-18,22,35H,6,12,14-16,19-20H2,1H3,(H,36,37). The summed E-state index contributed by atoms with van der Waals surface area (Å²) in [6.45, 7) is 4.54. The molecule has 204 valence electrons. The van der Waals surface area contributed by atoms with Crippen molar-refractivity contribution in [3.63, 3.8) is 0 Å². The topological polar surface area (TPSA) is 93.7 Å². The van der Waals surface area contributed by atoms with Crippen molar-refractivity contribution >= 4 is 27.6 Å². The Hall–Kier alpha value is -4.36. The van der Waals surface area contributed by atoms with Crippen LogP contribution >= 0.6 is 0 Å². The van der Waals surface area contributed by atoms with Crippen molar-refractivity contribution in [2.24, 2.45) is 5.92 Å². The number of hydrogen-bond acceptors (Lipinski definition) is 5. The maximum absolute atomic E-state index is 12.3. The molecule has 0 radical (unpaired) electrons. The van der Waals surface area contributed by atoms with Crippen LogP contribution in [-0.4, -0.2) is 47.5 Å². The summed E-state index contributed by atoms with van der Waals surface area (Å²) in [6.07, 6.45) is 4.05. The Kier molecular flexibility index (Phi) is 7.38. The predicted molar refractivity (Wildman–Crippen MR) is 155 cm³/mol. The van der Waals surface area contributed by atoms with E-state index in [2.05, 4.69) is 28.2 Å². The van der Waals surface area contributed by atoms with Crippen LogP contribution in [0.15, 0.2) is 72.9 Å². The number of nitrogens with one attached hydrogen (secondary N) is 1. The first-order valence-corrected chi connectivity index (χ1v) is 13.7. The monoisotopic (exact) mass is 536 g/mol. The third-order valence-corrected chi connectivity index (χ3v) is 7.59. The van der Waals surface area contributed by atoms with E-state index >= 15 is 0 Å². The minimum Gasteiger partial charge on any atom is -0.493 e. The number of nitrogens with zero attached hydrogens (tertiary/aromatic N) is 1. The summed E-state index contributed by atoms with van der Waals surface area (Å²) >= 11 is 0. The van der Waals surface area contributed by atoms with Crippen molar-refractivity contribution < 1.29 is 24.1 Å². The molecular formula is C33H32N2O5. The smallest absolute Gasteiger partial charge is 0.352 e. The van der Waals surface area contributed by atoms with Crippen LogP contribution in [0.5, 0.6) is 11.6 Å². The number of H-pyrrole nitrogens is 1. The Morgan fingerprint density at radius 2 is 1.88 bits per heavy atom. The lowest BCUT2D eigenvalue weighted by Crippen LogP contribution is -2.12. The molecule has 1 unspecified atom stereocenters. The van der Waals surface area contributed by atoms with E-state index in [0.717, 1.165) is 62.7 Å². The molecular weight excluding hydrogens is 504 g/mol. The van der Waals surface area contributed by atoms with Gasteiger partial charge in [-0.3, -0.25) is 0 Å². The maximum atomic E-state index is 12.3. The number of aromatic amines is 1. The van der Waals surface area contributed by atoms with Crippen molar-refractivity contribution in [1.82, 2.24) is 9.97 Å². The van der Waals surface area contributed by atoms with Crippen molar-refractivity contribution in [3.8, 4) is 22.8 Å². The van der Waals surface area contributed by atoms with Crippen LogP contribution in [0.1, 0.15) is 34.5 Å². The van der Waals surface area contributed by atoms with Crippen LogP contribution in [0, 0.1) is 12.8 Å². The van der Waals surface area contributed by atoms with Crippen LogP contribution in [0.25, 0.3) is 32.8 Å². The van der Waals surface area contributed by atoms with Crippen LogP contribution in [0.4, 0.5) is 0 Å². The van der Waals surface area contributed by atoms with Gasteiger partial charge < -0.3 is 24.3 Å². The van der Waals surface area contributed by atoms with Crippen LogP contribution in [0.3, 0.4) is 0 Å². The molecule has 2 N–H and O–H groups in total. The van der Waals surface area contributed by atoms with E-state index in [9.17, 15) is 9.90 Å². The number of carbonyl (C=O) groups is 1. The number of para-hydroxylation sites is 1. The normalized spacial score (nSPS) is 15.1. The predicted octanol–water partition coefficient (Wildman–Crippen LogP) is 6.82. The Morgan fingerprint density at radius 3 is 2.73 bits per heavy atom. The second kappa shape index (κ2) is 11.4. The second-order valence-corrected chi connectivity index (χ2v) is 10.3. The number of aryl methyl sites for hydroxylation is 2. The fraction of sp³-hybridized carbons (Fsp3) is 0.273. The van der Waals surface area contributed by atoms with Crippen LogP contribution in [0.2, 0.25) is 0 Å². The summed E-state index contributed by atoms with van der Waals surface area (Å²) in [5.74, 6) is 0.801. The van der Waals surface area contributed by atoms with Gasteiger partial charge >= 0.3 is 5.97 Å². The summed E-state index contributed by atoms with van der Waals surface area (Å²) < 4.78 is 17.6. The van der Waals surface area contributed by atoms with E-state index in [4.69, 9.17) is 14.2 Å². The largest absolute Gasteiger partial charge is 0.493 e. The number of rotatable bonds is 10. The van der Waals surface area contributed by atoms with Crippen molar-refractivity contribution in [3.05, 3.63) is 89.7 Å². The van der Waals surface area contributed by atoms with E-state index in [-0.39, 0.29) is 5.69 Å². The molecule has 0 amide bonds.